The summed E-state index contributed by atoms with van der Waals surface area (Å²) in [6.07, 6.45) is 1.90. The van der Waals surface area contributed by atoms with Gasteiger partial charge in [0.1, 0.15) is 30.0 Å². The molecule has 4 N–H and O–H groups in total. The number of thiazole rings is 1. The maximum Gasteiger partial charge on any atom is 0.251 e. The van der Waals surface area contributed by atoms with Gasteiger partial charge in [0, 0.05) is 66.6 Å². The number of fused-ring (bicyclic) bond motifs is 2. The molecule has 16 heteroatoms. The van der Waals surface area contributed by atoms with Gasteiger partial charge in [-0.3, -0.25) is 29.0 Å². The number of likely N-dealkylation sites (tertiary alicyclic amines) is 3. The van der Waals surface area contributed by atoms with Crippen LogP contribution in [0.3, 0.4) is 0 Å². The van der Waals surface area contributed by atoms with Crippen molar-refractivity contribution in [3.8, 4) is 22.3 Å². The van der Waals surface area contributed by atoms with E-state index in [1.807, 2.05) is 88.7 Å². The van der Waals surface area contributed by atoms with Gasteiger partial charge in [0.05, 0.1) is 45.4 Å². The predicted octanol–water partition coefficient (Wildman–Crippen LogP) is 7.32. The van der Waals surface area contributed by atoms with Gasteiger partial charge >= 0.3 is 0 Å². The minimum atomic E-state index is -0.895. The smallest absolute Gasteiger partial charge is 0.251 e. The van der Waals surface area contributed by atoms with Crippen molar-refractivity contribution in [1.29, 1.82) is 5.26 Å². The van der Waals surface area contributed by atoms with E-state index >= 15 is 0 Å². The Labute approximate surface area is 427 Å². The standard InChI is InChI=1S/C55H69ClN8O6S/c1-32(35-16-18-36(19-17-35)46-33(2)58-31-71-46)59-49(68)44-24-41(65)29-64(44)50(69)47(53(3,4)5)60-45(66)30-63-28-39-23-40(63)27-62(39)22-10-11-34-12-14-37(15-13-34)48(67)61-51-54(6,7)52(55(51,8)9)70-42-21-20-38(26-57)43(56)25-42/h12-21,25,31-32,39-41,44,47,51-52,65H,10-11,22-24,27-30H2,1-9H3,(H,59,68)(H,60,66)(H,61,67)/t32-,39-,40-,41+,44-,47?,51?,52?/m0/s1. The largest absolute Gasteiger partial charge is 0.489 e. The number of piperazine rings is 1. The van der Waals surface area contributed by atoms with E-state index in [1.54, 1.807) is 29.5 Å². The van der Waals surface area contributed by atoms with Crippen molar-refractivity contribution in [2.45, 2.75) is 136 Å². The molecule has 4 amide bonds. The molecular weight excluding hydrogens is 936 g/mol. The second kappa shape index (κ2) is 20.6. The minimum absolute atomic E-state index is 0.0146. The van der Waals surface area contributed by atoms with E-state index in [1.165, 1.54) is 10.5 Å². The van der Waals surface area contributed by atoms with Crippen LogP contribution in [0.5, 0.6) is 5.75 Å². The molecule has 378 valence electrons. The van der Waals surface area contributed by atoms with Crippen molar-refractivity contribution in [3.05, 3.63) is 105 Å². The number of benzene rings is 3. The molecule has 1 saturated carbocycles. The van der Waals surface area contributed by atoms with Crippen molar-refractivity contribution < 1.29 is 29.0 Å². The molecule has 4 aliphatic rings. The van der Waals surface area contributed by atoms with Gasteiger partial charge in [-0.05, 0) is 86.0 Å². The molecule has 0 spiro atoms. The average molecular weight is 1010 g/mol. The van der Waals surface area contributed by atoms with Gasteiger partial charge in [0.25, 0.3) is 5.91 Å². The highest BCUT2D eigenvalue weighted by molar-refractivity contribution is 7.13. The van der Waals surface area contributed by atoms with Crippen LogP contribution in [0.15, 0.2) is 72.2 Å². The molecule has 4 fully saturated rings. The van der Waals surface area contributed by atoms with E-state index in [0.29, 0.717) is 27.9 Å². The summed E-state index contributed by atoms with van der Waals surface area (Å²) in [7, 11) is 0. The summed E-state index contributed by atoms with van der Waals surface area (Å²) >= 11 is 7.85. The van der Waals surface area contributed by atoms with Gasteiger partial charge < -0.3 is 30.7 Å². The van der Waals surface area contributed by atoms with E-state index in [4.69, 9.17) is 16.3 Å². The van der Waals surface area contributed by atoms with Crippen molar-refractivity contribution >= 4 is 46.6 Å². The van der Waals surface area contributed by atoms with Crippen LogP contribution in [-0.4, -0.2) is 124 Å². The van der Waals surface area contributed by atoms with Gasteiger partial charge in [0.15, 0.2) is 0 Å². The van der Waals surface area contributed by atoms with Crippen molar-refractivity contribution in [2.75, 3.05) is 32.7 Å². The summed E-state index contributed by atoms with van der Waals surface area (Å²) in [6, 6.07) is 21.4. The number of rotatable bonds is 16. The highest BCUT2D eigenvalue weighted by atomic mass is 35.5. The van der Waals surface area contributed by atoms with Crippen LogP contribution in [0.1, 0.15) is 113 Å². The highest BCUT2D eigenvalue weighted by Crippen LogP contribution is 2.55. The van der Waals surface area contributed by atoms with Gasteiger partial charge in [0.2, 0.25) is 17.7 Å². The van der Waals surface area contributed by atoms with Crippen LogP contribution in [-0.2, 0) is 20.8 Å². The van der Waals surface area contributed by atoms with Crippen LogP contribution >= 0.6 is 22.9 Å². The SMILES string of the molecule is Cc1ncsc1-c1ccc([C@H](C)NC(=O)[C@@H]2C[C@@H](O)CN2C(=O)C(NC(=O)CN2C[C@@H]3C[C@H]2CN3CCCc2ccc(C(=O)NC3C(C)(C)C(Oc4ccc(C#N)c(Cl)c4)C3(C)C)cc2)C(C)(C)C)cc1. The van der Waals surface area contributed by atoms with E-state index in [-0.39, 0.29) is 78.2 Å². The van der Waals surface area contributed by atoms with E-state index < -0.39 is 23.6 Å². The first kappa shape index (κ1) is 52.0. The topological polar surface area (TPSA) is 180 Å². The lowest BCUT2D eigenvalue weighted by Crippen LogP contribution is -2.74. The van der Waals surface area contributed by atoms with Crippen molar-refractivity contribution in [1.82, 2.24) is 35.6 Å². The van der Waals surface area contributed by atoms with Crippen LogP contribution in [0, 0.1) is 34.5 Å². The van der Waals surface area contributed by atoms with Crippen LogP contribution in [0.4, 0.5) is 0 Å². The summed E-state index contributed by atoms with van der Waals surface area (Å²) in [5, 5.41) is 29.7. The monoisotopic (exact) mass is 1000 g/mol. The first-order valence-electron chi connectivity index (χ1n) is 24.9. The Morgan fingerprint density at radius 3 is 2.23 bits per heavy atom. The number of β-amino-alcohol motifs (C(OH)–C–C–N with tert-alkyl or cyclic N) is 1. The molecule has 3 aliphatic heterocycles. The van der Waals surface area contributed by atoms with Crippen LogP contribution in [0.25, 0.3) is 10.4 Å². The number of aryl methyl sites for hydroxylation is 2. The Morgan fingerprint density at radius 2 is 1.62 bits per heavy atom. The number of aliphatic hydroxyl groups is 1. The lowest BCUT2D eigenvalue weighted by Gasteiger charge is -2.63. The number of nitrogens with zero attached hydrogens (tertiary/aromatic N) is 5. The Kier molecular flexibility index (Phi) is 15.1. The number of nitriles is 1. The zero-order chi connectivity index (χ0) is 51.2. The number of amides is 4. The molecule has 1 aliphatic carbocycles. The third kappa shape index (κ3) is 11.0. The number of nitrogens with one attached hydrogen (secondary N) is 3. The fourth-order valence-corrected chi connectivity index (χ4v) is 12.8. The Hall–Kier alpha value is -5.37. The number of aliphatic hydroxyl groups excluding tert-OH is 1. The maximum atomic E-state index is 14.3. The molecule has 0 radical (unpaired) electrons. The molecule has 3 saturated heterocycles. The van der Waals surface area contributed by atoms with E-state index in [2.05, 4.69) is 64.5 Å². The second-order valence-electron chi connectivity index (χ2n) is 22.5. The van der Waals surface area contributed by atoms with Crippen LogP contribution < -0.4 is 20.7 Å². The number of halogens is 1. The van der Waals surface area contributed by atoms with Crippen molar-refractivity contribution in [3.63, 3.8) is 0 Å². The summed E-state index contributed by atoms with van der Waals surface area (Å²) in [4.78, 5) is 67.0. The van der Waals surface area contributed by atoms with Gasteiger partial charge in [-0.1, -0.05) is 96.5 Å². The molecule has 1 unspecified atom stereocenters. The number of carbonyl (C=O) groups excluding carboxylic acids is 4. The third-order valence-corrected chi connectivity index (χ3v) is 16.7. The van der Waals surface area contributed by atoms with E-state index in [9.17, 15) is 29.5 Å². The Morgan fingerprint density at radius 1 is 0.944 bits per heavy atom. The van der Waals surface area contributed by atoms with Gasteiger partial charge in [-0.25, -0.2) is 4.98 Å². The molecule has 4 heterocycles. The minimum Gasteiger partial charge on any atom is -0.489 e. The first-order valence-corrected chi connectivity index (χ1v) is 26.1. The fourth-order valence-electron chi connectivity index (χ4n) is 11.8. The fraction of sp³-hybridized carbons (Fsp3) is 0.527. The van der Waals surface area contributed by atoms with E-state index in [0.717, 1.165) is 60.6 Å². The molecule has 8 rings (SSSR count). The quantitative estimate of drug-likeness (QED) is 0.0889. The molecule has 1 aromatic heterocycles. The summed E-state index contributed by atoms with van der Waals surface area (Å²) in [5.41, 5.74) is 5.56. The first-order chi connectivity index (χ1) is 33.5. The zero-order valence-corrected chi connectivity index (χ0v) is 44.0. The lowest BCUT2D eigenvalue weighted by molar-refractivity contribution is -0.164. The lowest BCUT2D eigenvalue weighted by atomic mass is 9.49. The Bertz CT molecular complexity index is 2640. The molecular formula is C55H69ClN8O6S. The van der Waals surface area contributed by atoms with Gasteiger partial charge in [-0.2, -0.15) is 5.26 Å². The molecule has 14 nitrogen and oxygen atoms in total. The molecule has 2 bridgehead atoms. The molecule has 3 aromatic carbocycles. The molecule has 6 atom stereocenters. The average Bonchev–Trinajstić information content (AvgIpc) is 4.13. The molecule has 4 aromatic rings. The predicted molar refractivity (Wildman–Crippen MR) is 276 cm³/mol. The highest BCUT2D eigenvalue weighted by Gasteiger charge is 2.64. The number of carbonyl (C=O) groups is 4. The molecule has 71 heavy (non-hydrogen) atoms. The van der Waals surface area contributed by atoms with Gasteiger partial charge in [-0.15, -0.1) is 11.3 Å². The zero-order valence-electron chi connectivity index (χ0n) is 42.4. The Balaban J connectivity index is 0.777. The second-order valence-corrected chi connectivity index (χ2v) is 23.7. The summed E-state index contributed by atoms with van der Waals surface area (Å²) < 4.78 is 6.39. The summed E-state index contributed by atoms with van der Waals surface area (Å²) in [6.45, 7) is 20.7. The third-order valence-electron chi connectivity index (χ3n) is 15.4. The normalized spacial score (nSPS) is 24.4. The number of ether oxygens (including phenoxy) is 1. The number of aromatic nitrogens is 1. The van der Waals surface area contributed by atoms with Crippen molar-refractivity contribution in [2.24, 2.45) is 16.2 Å². The number of hydrogen-bond acceptors (Lipinski definition) is 11. The maximum absolute atomic E-state index is 14.3. The summed E-state index contributed by atoms with van der Waals surface area (Å²) in [5.74, 6) is -0.478. The number of hydrogen-bond donors (Lipinski definition) is 4. The van der Waals surface area contributed by atoms with Crippen LogP contribution in [0.2, 0.25) is 5.02 Å².